The molecule has 2 heteroatoms. The summed E-state index contributed by atoms with van der Waals surface area (Å²) in [6.07, 6.45) is 4.10. The molecule has 1 fully saturated rings. The highest BCUT2D eigenvalue weighted by atomic mass is 32.2. The predicted molar refractivity (Wildman–Crippen MR) is 72.8 cm³/mol. The van der Waals surface area contributed by atoms with Crippen molar-refractivity contribution in [2.75, 3.05) is 6.54 Å². The molecule has 1 nitrogen and oxygen atoms in total. The summed E-state index contributed by atoms with van der Waals surface area (Å²) >= 11 is 2.13. The summed E-state index contributed by atoms with van der Waals surface area (Å²) < 4.78 is 0. The maximum Gasteiger partial charge on any atom is 0.0187 e. The number of hydrogen-bond donors (Lipinski definition) is 1. The molecular formula is C14H21NS. The Bertz CT molecular complexity index is 299. The molecule has 2 unspecified atom stereocenters. The summed E-state index contributed by atoms with van der Waals surface area (Å²) in [7, 11) is 0. The molecule has 16 heavy (non-hydrogen) atoms. The molecule has 1 aromatic carbocycles. The minimum Gasteiger partial charge on any atom is -0.314 e. The van der Waals surface area contributed by atoms with E-state index in [0.717, 1.165) is 17.8 Å². The fourth-order valence-corrected chi connectivity index (χ4v) is 3.65. The number of benzene rings is 1. The van der Waals surface area contributed by atoms with Gasteiger partial charge in [0.25, 0.3) is 0 Å². The molecule has 0 radical (unpaired) electrons. The van der Waals surface area contributed by atoms with Crippen LogP contribution in [0.15, 0.2) is 30.3 Å². The average Bonchev–Trinajstić information content (AvgIpc) is 2.76. The first kappa shape index (κ1) is 12.0. The molecule has 1 saturated carbocycles. The number of nitrogens with one attached hydrogen (secondary N) is 1. The Kier molecular flexibility index (Phi) is 4.73. The van der Waals surface area contributed by atoms with E-state index in [1.54, 1.807) is 0 Å². The Balaban J connectivity index is 1.72. The molecule has 1 aliphatic carbocycles. The Hall–Kier alpha value is -0.470. The molecule has 0 aromatic heterocycles. The van der Waals surface area contributed by atoms with Gasteiger partial charge in [-0.05, 0) is 31.4 Å². The molecule has 0 bridgehead atoms. The summed E-state index contributed by atoms with van der Waals surface area (Å²) in [4.78, 5) is 0. The van der Waals surface area contributed by atoms with E-state index in [4.69, 9.17) is 0 Å². The van der Waals surface area contributed by atoms with E-state index in [2.05, 4.69) is 54.3 Å². The van der Waals surface area contributed by atoms with Gasteiger partial charge in [0.05, 0.1) is 0 Å². The zero-order valence-corrected chi connectivity index (χ0v) is 10.8. The molecule has 1 aromatic rings. The SMILES string of the molecule is CCNC1CCC(SCc2ccccc2)C1. The van der Waals surface area contributed by atoms with Crippen molar-refractivity contribution in [3.05, 3.63) is 35.9 Å². The van der Waals surface area contributed by atoms with Gasteiger partial charge in [-0.15, -0.1) is 0 Å². The van der Waals surface area contributed by atoms with E-state index >= 15 is 0 Å². The topological polar surface area (TPSA) is 12.0 Å². The first-order valence-corrected chi connectivity index (χ1v) is 7.32. The van der Waals surface area contributed by atoms with E-state index in [1.165, 1.54) is 30.6 Å². The van der Waals surface area contributed by atoms with Crippen LogP contribution in [0.2, 0.25) is 0 Å². The minimum atomic E-state index is 0.776. The van der Waals surface area contributed by atoms with Gasteiger partial charge in [0, 0.05) is 17.0 Å². The number of rotatable bonds is 5. The third-order valence-electron chi connectivity index (χ3n) is 3.21. The molecule has 2 atom stereocenters. The molecule has 2 rings (SSSR count). The lowest BCUT2D eigenvalue weighted by Gasteiger charge is -2.11. The molecule has 1 aliphatic rings. The lowest BCUT2D eigenvalue weighted by molar-refractivity contribution is 0.543. The van der Waals surface area contributed by atoms with E-state index in [1.807, 2.05) is 0 Å². The fraction of sp³-hybridized carbons (Fsp3) is 0.571. The van der Waals surface area contributed by atoms with E-state index in [-0.39, 0.29) is 0 Å². The molecular weight excluding hydrogens is 214 g/mol. The molecule has 0 aliphatic heterocycles. The predicted octanol–water partition coefficient (Wildman–Crippen LogP) is 3.45. The molecule has 1 N–H and O–H groups in total. The van der Waals surface area contributed by atoms with Crippen LogP contribution in [-0.2, 0) is 5.75 Å². The molecule has 0 amide bonds. The van der Waals surface area contributed by atoms with Crippen LogP contribution in [0.25, 0.3) is 0 Å². The minimum absolute atomic E-state index is 0.776. The van der Waals surface area contributed by atoms with Crippen LogP contribution in [0.3, 0.4) is 0 Å². The number of thioether (sulfide) groups is 1. The van der Waals surface area contributed by atoms with Crippen LogP contribution in [-0.4, -0.2) is 17.8 Å². The van der Waals surface area contributed by atoms with Gasteiger partial charge in [-0.3, -0.25) is 0 Å². The highest BCUT2D eigenvalue weighted by Crippen LogP contribution is 2.31. The monoisotopic (exact) mass is 235 g/mol. The third kappa shape index (κ3) is 3.53. The van der Waals surface area contributed by atoms with Crippen molar-refractivity contribution in [2.45, 2.75) is 43.2 Å². The van der Waals surface area contributed by atoms with Crippen LogP contribution >= 0.6 is 11.8 Å². The Morgan fingerprint density at radius 3 is 2.81 bits per heavy atom. The maximum atomic E-state index is 3.56. The van der Waals surface area contributed by atoms with Gasteiger partial charge in [0.1, 0.15) is 0 Å². The second-order valence-corrected chi connectivity index (χ2v) is 5.77. The Labute approximate surface area is 103 Å². The lowest BCUT2D eigenvalue weighted by atomic mass is 10.2. The molecule has 0 heterocycles. The number of hydrogen-bond acceptors (Lipinski definition) is 2. The highest BCUT2D eigenvalue weighted by Gasteiger charge is 2.23. The van der Waals surface area contributed by atoms with Crippen molar-refractivity contribution in [3.63, 3.8) is 0 Å². The second-order valence-electron chi connectivity index (χ2n) is 4.49. The van der Waals surface area contributed by atoms with Gasteiger partial charge in [-0.25, -0.2) is 0 Å². The smallest absolute Gasteiger partial charge is 0.0187 e. The van der Waals surface area contributed by atoms with E-state index in [0.29, 0.717) is 0 Å². The molecule has 0 spiro atoms. The standard InChI is InChI=1S/C14H21NS/c1-2-15-13-8-9-14(10-13)16-11-12-6-4-3-5-7-12/h3-7,13-15H,2,8-11H2,1H3. The second kappa shape index (κ2) is 6.31. The van der Waals surface area contributed by atoms with Crippen molar-refractivity contribution >= 4 is 11.8 Å². The largest absolute Gasteiger partial charge is 0.314 e. The van der Waals surface area contributed by atoms with Crippen molar-refractivity contribution in [1.29, 1.82) is 0 Å². The fourth-order valence-electron chi connectivity index (χ4n) is 2.35. The zero-order valence-electron chi connectivity index (χ0n) is 9.99. The van der Waals surface area contributed by atoms with Crippen LogP contribution in [0.5, 0.6) is 0 Å². The summed E-state index contributed by atoms with van der Waals surface area (Å²) in [6.45, 7) is 3.31. The first-order chi connectivity index (χ1) is 7.88. The van der Waals surface area contributed by atoms with Crippen LogP contribution in [0.4, 0.5) is 0 Å². The quantitative estimate of drug-likeness (QED) is 0.839. The van der Waals surface area contributed by atoms with Crippen molar-refractivity contribution in [3.8, 4) is 0 Å². The highest BCUT2D eigenvalue weighted by molar-refractivity contribution is 7.99. The normalized spacial score (nSPS) is 24.8. The summed E-state index contributed by atoms with van der Waals surface area (Å²) in [6, 6.07) is 11.6. The van der Waals surface area contributed by atoms with Gasteiger partial charge in [0.2, 0.25) is 0 Å². The van der Waals surface area contributed by atoms with Gasteiger partial charge in [-0.1, -0.05) is 37.3 Å². The first-order valence-electron chi connectivity index (χ1n) is 6.27. The van der Waals surface area contributed by atoms with Gasteiger partial charge in [-0.2, -0.15) is 11.8 Å². The Morgan fingerprint density at radius 1 is 1.25 bits per heavy atom. The van der Waals surface area contributed by atoms with Crippen LogP contribution < -0.4 is 5.32 Å². The third-order valence-corrected chi connectivity index (χ3v) is 4.61. The van der Waals surface area contributed by atoms with Gasteiger partial charge in [0.15, 0.2) is 0 Å². The van der Waals surface area contributed by atoms with E-state index in [9.17, 15) is 0 Å². The summed E-state index contributed by atoms with van der Waals surface area (Å²) in [5.41, 5.74) is 1.46. The van der Waals surface area contributed by atoms with Gasteiger partial charge < -0.3 is 5.32 Å². The summed E-state index contributed by atoms with van der Waals surface area (Å²) in [5, 5.41) is 4.42. The molecule has 0 saturated heterocycles. The van der Waals surface area contributed by atoms with Crippen molar-refractivity contribution in [2.24, 2.45) is 0 Å². The summed E-state index contributed by atoms with van der Waals surface area (Å²) in [5.74, 6) is 1.17. The molecule has 88 valence electrons. The zero-order chi connectivity index (χ0) is 11.2. The van der Waals surface area contributed by atoms with Crippen molar-refractivity contribution < 1.29 is 0 Å². The lowest BCUT2D eigenvalue weighted by Crippen LogP contribution is -2.26. The van der Waals surface area contributed by atoms with Gasteiger partial charge >= 0.3 is 0 Å². The average molecular weight is 235 g/mol. The van der Waals surface area contributed by atoms with Crippen LogP contribution in [0, 0.1) is 0 Å². The van der Waals surface area contributed by atoms with E-state index < -0.39 is 0 Å². The van der Waals surface area contributed by atoms with Crippen LogP contribution in [0.1, 0.15) is 31.7 Å². The maximum absolute atomic E-state index is 3.56. The Morgan fingerprint density at radius 2 is 2.06 bits per heavy atom. The van der Waals surface area contributed by atoms with Crippen molar-refractivity contribution in [1.82, 2.24) is 5.32 Å².